The molecule has 7 heteroatoms. The number of hydrogen-bond donors (Lipinski definition) is 4. The third-order valence-electron chi connectivity index (χ3n) is 1.78. The summed E-state index contributed by atoms with van der Waals surface area (Å²) in [6.07, 6.45) is -4.53. The van der Waals surface area contributed by atoms with Crippen molar-refractivity contribution in [1.29, 1.82) is 0 Å². The quantitative estimate of drug-likeness (QED) is 0.577. The van der Waals surface area contributed by atoms with Gasteiger partial charge in [0.05, 0.1) is 7.11 Å². The van der Waals surface area contributed by atoms with Crippen molar-refractivity contribution in [2.24, 2.45) is 0 Å². The molecule has 0 bridgehead atoms. The first-order valence-corrected chi connectivity index (χ1v) is 4.81. The van der Waals surface area contributed by atoms with E-state index in [1.165, 1.54) is 0 Å². The molecule has 0 amide bonds. The highest BCUT2D eigenvalue weighted by Crippen LogP contribution is 2.05. The minimum absolute atomic E-state index is 0.910. The number of ether oxygens (including phenoxy) is 1. The highest BCUT2D eigenvalue weighted by atomic mass is 16.5. The number of carboxylic acids is 2. The molecule has 0 spiro atoms. The zero-order valence-corrected chi connectivity index (χ0v) is 9.56. The number of para-hydroxylation sites is 1. The number of hydrogen-bond acceptors (Lipinski definition) is 5. The molecule has 1 aromatic rings. The smallest absolute Gasteiger partial charge is 0.335 e. The first-order chi connectivity index (χ1) is 8.40. The molecule has 0 heterocycles. The van der Waals surface area contributed by atoms with Crippen molar-refractivity contribution in [2.75, 3.05) is 7.11 Å². The molecule has 18 heavy (non-hydrogen) atoms. The SMILES string of the molecule is COc1ccccc1.O=C(O)C(O)C(O)C(=O)O. The van der Waals surface area contributed by atoms with Crippen molar-refractivity contribution in [3.8, 4) is 5.75 Å². The van der Waals surface area contributed by atoms with Crippen LogP contribution in [0.3, 0.4) is 0 Å². The van der Waals surface area contributed by atoms with Gasteiger partial charge in [-0.3, -0.25) is 0 Å². The number of aliphatic hydroxyl groups is 2. The van der Waals surface area contributed by atoms with Gasteiger partial charge in [0.2, 0.25) is 0 Å². The van der Waals surface area contributed by atoms with Crippen LogP contribution in [0, 0.1) is 0 Å². The minimum Gasteiger partial charge on any atom is -0.497 e. The maximum atomic E-state index is 9.77. The van der Waals surface area contributed by atoms with E-state index in [1.54, 1.807) is 7.11 Å². The van der Waals surface area contributed by atoms with E-state index in [4.69, 9.17) is 25.2 Å². The summed E-state index contributed by atoms with van der Waals surface area (Å²) in [5.74, 6) is -2.63. The van der Waals surface area contributed by atoms with Crippen LogP contribution in [0.1, 0.15) is 0 Å². The Bertz CT molecular complexity index is 358. The summed E-state index contributed by atoms with van der Waals surface area (Å²) in [6.45, 7) is 0. The van der Waals surface area contributed by atoms with Crippen molar-refractivity contribution in [3.05, 3.63) is 30.3 Å². The van der Waals surface area contributed by atoms with Gasteiger partial charge in [0.25, 0.3) is 0 Å². The van der Waals surface area contributed by atoms with Gasteiger partial charge >= 0.3 is 11.9 Å². The van der Waals surface area contributed by atoms with Gasteiger partial charge in [-0.2, -0.15) is 0 Å². The number of methoxy groups -OCH3 is 1. The highest BCUT2D eigenvalue weighted by Gasteiger charge is 2.29. The second-order valence-electron chi connectivity index (χ2n) is 3.08. The van der Waals surface area contributed by atoms with Gasteiger partial charge in [0, 0.05) is 0 Å². The van der Waals surface area contributed by atoms with E-state index >= 15 is 0 Å². The lowest BCUT2D eigenvalue weighted by Gasteiger charge is -2.07. The number of carboxylic acid groups (broad SMARTS) is 2. The normalized spacial score (nSPS) is 12.6. The molecule has 0 aliphatic carbocycles. The highest BCUT2D eigenvalue weighted by molar-refractivity contribution is 5.83. The molecule has 0 aliphatic rings. The standard InChI is InChI=1S/C7H8O.C4H6O6/c1-8-7-5-3-2-4-6-7;5-1(3(7)8)2(6)4(9)10/h2-6H,1H3;1-2,5-6H,(H,7,8)(H,9,10). The van der Waals surface area contributed by atoms with Gasteiger partial charge in [-0.15, -0.1) is 0 Å². The number of rotatable bonds is 4. The van der Waals surface area contributed by atoms with Crippen LogP contribution in [0.25, 0.3) is 0 Å². The predicted molar refractivity (Wildman–Crippen MR) is 60.3 cm³/mol. The van der Waals surface area contributed by atoms with Gasteiger partial charge in [0.15, 0.2) is 12.2 Å². The summed E-state index contributed by atoms with van der Waals surface area (Å²) in [4.78, 5) is 19.5. The average Bonchev–Trinajstić information content (AvgIpc) is 2.38. The molecule has 7 nitrogen and oxygen atoms in total. The van der Waals surface area contributed by atoms with Crippen LogP contribution in [0.2, 0.25) is 0 Å². The Labute approximate surface area is 103 Å². The fourth-order valence-electron chi connectivity index (χ4n) is 0.827. The topological polar surface area (TPSA) is 124 Å². The lowest BCUT2D eigenvalue weighted by atomic mass is 10.2. The molecule has 1 rings (SSSR count). The summed E-state index contributed by atoms with van der Waals surface area (Å²) in [5, 5.41) is 32.5. The predicted octanol–water partition coefficient (Wildman–Crippen LogP) is -0.427. The second kappa shape index (κ2) is 8.04. The number of carbonyl (C=O) groups is 2. The molecule has 100 valence electrons. The molecule has 0 aromatic heterocycles. The Kier molecular flexibility index (Phi) is 7.10. The van der Waals surface area contributed by atoms with Gasteiger partial charge in [-0.25, -0.2) is 9.59 Å². The third-order valence-corrected chi connectivity index (χ3v) is 1.78. The van der Waals surface area contributed by atoms with E-state index in [1.807, 2.05) is 30.3 Å². The Morgan fingerprint density at radius 2 is 1.39 bits per heavy atom. The molecule has 2 atom stereocenters. The maximum Gasteiger partial charge on any atom is 0.335 e. The third kappa shape index (κ3) is 5.83. The Morgan fingerprint density at radius 3 is 1.61 bits per heavy atom. The van der Waals surface area contributed by atoms with E-state index in [-0.39, 0.29) is 0 Å². The largest absolute Gasteiger partial charge is 0.497 e. The van der Waals surface area contributed by atoms with Crippen LogP contribution in [0.15, 0.2) is 30.3 Å². The molecular weight excluding hydrogens is 244 g/mol. The lowest BCUT2D eigenvalue weighted by Crippen LogP contribution is -2.39. The fraction of sp³-hybridized carbons (Fsp3) is 0.273. The van der Waals surface area contributed by atoms with Crippen LogP contribution in [0.5, 0.6) is 5.75 Å². The van der Waals surface area contributed by atoms with E-state index in [9.17, 15) is 9.59 Å². The minimum atomic E-state index is -2.27. The molecule has 4 N–H and O–H groups in total. The fourth-order valence-corrected chi connectivity index (χ4v) is 0.827. The van der Waals surface area contributed by atoms with E-state index in [0.717, 1.165) is 5.75 Å². The molecular formula is C11H14O7. The first-order valence-electron chi connectivity index (χ1n) is 4.81. The van der Waals surface area contributed by atoms with Gasteiger partial charge < -0.3 is 25.2 Å². The first kappa shape index (κ1) is 15.9. The molecule has 0 saturated heterocycles. The van der Waals surface area contributed by atoms with Gasteiger partial charge in [0.1, 0.15) is 5.75 Å². The zero-order valence-electron chi connectivity index (χ0n) is 9.56. The van der Waals surface area contributed by atoms with Crippen molar-refractivity contribution < 1.29 is 34.8 Å². The summed E-state index contributed by atoms with van der Waals surface area (Å²) >= 11 is 0. The van der Waals surface area contributed by atoms with Crippen molar-refractivity contribution >= 4 is 11.9 Å². The Balaban J connectivity index is 0.000000327. The molecule has 0 radical (unpaired) electrons. The van der Waals surface area contributed by atoms with Gasteiger partial charge in [-0.1, -0.05) is 18.2 Å². The number of aliphatic hydroxyl groups excluding tert-OH is 2. The summed E-state index contributed by atoms with van der Waals surface area (Å²) in [7, 11) is 1.66. The van der Waals surface area contributed by atoms with Crippen LogP contribution in [-0.4, -0.2) is 51.7 Å². The lowest BCUT2D eigenvalue weighted by molar-refractivity contribution is -0.165. The molecule has 0 saturated carbocycles. The second-order valence-corrected chi connectivity index (χ2v) is 3.08. The summed E-state index contributed by atoms with van der Waals surface area (Å²) in [5.41, 5.74) is 0. The summed E-state index contributed by atoms with van der Waals surface area (Å²) in [6, 6.07) is 9.68. The molecule has 2 unspecified atom stereocenters. The Morgan fingerprint density at radius 1 is 1.00 bits per heavy atom. The molecule has 1 aromatic carbocycles. The van der Waals surface area contributed by atoms with Crippen molar-refractivity contribution in [1.82, 2.24) is 0 Å². The molecule has 0 aliphatic heterocycles. The zero-order chi connectivity index (χ0) is 14.1. The van der Waals surface area contributed by atoms with Crippen molar-refractivity contribution in [3.63, 3.8) is 0 Å². The van der Waals surface area contributed by atoms with Gasteiger partial charge in [-0.05, 0) is 12.1 Å². The molecule has 0 fully saturated rings. The van der Waals surface area contributed by atoms with E-state index in [0.29, 0.717) is 0 Å². The summed E-state index contributed by atoms with van der Waals surface area (Å²) < 4.78 is 4.91. The maximum absolute atomic E-state index is 9.77. The monoisotopic (exact) mass is 258 g/mol. The van der Waals surface area contributed by atoms with E-state index in [2.05, 4.69) is 0 Å². The van der Waals surface area contributed by atoms with Crippen LogP contribution in [-0.2, 0) is 9.59 Å². The van der Waals surface area contributed by atoms with Crippen LogP contribution >= 0.6 is 0 Å². The Hall–Kier alpha value is -2.12. The van der Waals surface area contributed by atoms with E-state index < -0.39 is 24.1 Å². The van der Waals surface area contributed by atoms with Crippen molar-refractivity contribution in [2.45, 2.75) is 12.2 Å². The number of benzene rings is 1. The van der Waals surface area contributed by atoms with Crippen LogP contribution in [0.4, 0.5) is 0 Å². The number of aliphatic carboxylic acids is 2. The van der Waals surface area contributed by atoms with Crippen LogP contribution < -0.4 is 4.74 Å². The average molecular weight is 258 g/mol.